The van der Waals surface area contributed by atoms with Crippen molar-refractivity contribution in [2.45, 2.75) is 169 Å². The second kappa shape index (κ2) is 32.6. The number of nitrogens with two attached hydrogens (primary N) is 3. The number of para-hydroxylation sites is 1. The maximum Gasteiger partial charge on any atom is 0.315 e. The van der Waals surface area contributed by atoms with Crippen molar-refractivity contribution in [2.75, 3.05) is 18.8 Å². The van der Waals surface area contributed by atoms with Crippen LogP contribution < -0.4 is 70.4 Å². The zero-order valence-electron chi connectivity index (χ0n) is 48.3. The summed E-state index contributed by atoms with van der Waals surface area (Å²) < 4.78 is 0. The molecule has 3 aliphatic heterocycles. The summed E-state index contributed by atoms with van der Waals surface area (Å²) in [6.45, 7) is 2.00. The summed E-state index contributed by atoms with van der Waals surface area (Å²) in [5.74, 6) is -6.25. The third kappa shape index (κ3) is 19.7. The quantitative estimate of drug-likeness (QED) is 0.0204. The van der Waals surface area contributed by atoms with Crippen molar-refractivity contribution in [1.82, 2.24) is 68.1 Å². The minimum Gasteiger partial charge on any atom is -0.370 e. The van der Waals surface area contributed by atoms with Gasteiger partial charge in [0.2, 0.25) is 53.2 Å². The Labute approximate surface area is 502 Å². The van der Waals surface area contributed by atoms with Crippen LogP contribution in [0.1, 0.15) is 107 Å². The average Bonchev–Trinajstić information content (AvgIpc) is 2.82. The van der Waals surface area contributed by atoms with Gasteiger partial charge >= 0.3 is 6.03 Å². The number of amides is 11. The molecule has 0 radical (unpaired) electrons. The van der Waals surface area contributed by atoms with E-state index in [1.807, 2.05) is 31.2 Å². The first-order valence-corrected chi connectivity index (χ1v) is 30.5. The van der Waals surface area contributed by atoms with Gasteiger partial charge in [-0.2, -0.15) is 11.8 Å². The number of aromatic amines is 2. The summed E-state index contributed by atoms with van der Waals surface area (Å²) >= 11 is 1.77. The molecule has 86 heavy (non-hydrogen) atoms. The molecule has 5 heterocycles. The molecule has 0 saturated carbocycles. The lowest BCUT2D eigenvalue weighted by Gasteiger charge is -2.28. The number of urea groups is 1. The van der Waals surface area contributed by atoms with Crippen LogP contribution in [0, 0.1) is 0 Å². The van der Waals surface area contributed by atoms with Gasteiger partial charge < -0.3 is 80.3 Å². The second-order valence-electron chi connectivity index (χ2n) is 21.9. The number of nitrogens with one attached hydrogen (secondary N) is 12. The standard InChI is InChI=1S/C58H81N17O10S/c1-2-3-17-39(67-47(76)22-10-9-21-46-49-45(31-86-46)74-58(85)75-49)51(79)73-44-28-48(77)63-23-12-11-19-38(50(59)78)68-54(82)42(26-34-29-65-37-18-8-7-16-36(34)37)71-52(80)40(20-13-24-64-57(60)61)69-53(81)41(25-33-14-5-4-6-15-33)70-55(83)43(72-56(44)84)27-35-30-62-32-66-35/h4-8,14-16,18,29-30,32,38-46,49,65H,2-3,9-13,17,19-28,31H2,1H3,(H2,59,78)(H,62,66)(H,63,77)(H,67,76)(H,68,82)(H,69,81)(H,70,83)(H,71,80)(H,72,84)(H,73,79)(H4,60,61,64)(H2,74,75,85)/t38-,39-,40-,41+,42-,43-,44-,45-,46-,49-/m0/s1. The molecule has 0 unspecified atom stereocenters. The zero-order chi connectivity index (χ0) is 61.5. The van der Waals surface area contributed by atoms with Crippen LogP contribution in [0.25, 0.3) is 10.9 Å². The number of carbonyl (C=O) groups is 10. The van der Waals surface area contributed by atoms with Gasteiger partial charge in [0.15, 0.2) is 5.96 Å². The van der Waals surface area contributed by atoms with Gasteiger partial charge in [-0.1, -0.05) is 74.7 Å². The van der Waals surface area contributed by atoms with E-state index in [0.29, 0.717) is 42.5 Å². The van der Waals surface area contributed by atoms with Crippen LogP contribution in [0.15, 0.2) is 78.3 Å². The Kier molecular flexibility index (Phi) is 24.6. The molecule has 2 aromatic carbocycles. The van der Waals surface area contributed by atoms with Crippen LogP contribution in [-0.4, -0.2) is 159 Å². The molecule has 4 aromatic rings. The number of aromatic nitrogens is 3. The number of rotatable bonds is 22. The molecular formula is C58H81N17O10S. The molecule has 464 valence electrons. The highest BCUT2D eigenvalue weighted by atomic mass is 32.2. The number of fused-ring (bicyclic) bond motifs is 2. The van der Waals surface area contributed by atoms with Gasteiger partial charge in [-0.15, -0.1) is 0 Å². The van der Waals surface area contributed by atoms with E-state index in [9.17, 15) is 47.9 Å². The van der Waals surface area contributed by atoms with Gasteiger partial charge in [0.25, 0.3) is 0 Å². The third-order valence-corrected chi connectivity index (χ3v) is 16.8. The number of hydrogen-bond donors (Lipinski definition) is 15. The summed E-state index contributed by atoms with van der Waals surface area (Å²) in [6.07, 6.45) is 7.64. The average molecular weight is 1210 g/mol. The van der Waals surface area contributed by atoms with Gasteiger partial charge in [-0.3, -0.25) is 48.1 Å². The molecule has 11 amide bonds. The lowest BCUT2D eigenvalue weighted by Crippen LogP contribution is -2.61. The molecular weight excluding hydrogens is 1130 g/mol. The Morgan fingerprint density at radius 2 is 1.43 bits per heavy atom. The maximum atomic E-state index is 14.8. The second-order valence-corrected chi connectivity index (χ2v) is 23.2. The van der Waals surface area contributed by atoms with Crippen LogP contribution >= 0.6 is 11.8 Å². The molecule has 2 aromatic heterocycles. The first-order chi connectivity index (χ1) is 41.4. The lowest BCUT2D eigenvalue weighted by molar-refractivity contribution is -0.136. The normalized spacial score (nSPS) is 24.0. The van der Waals surface area contributed by atoms with Crippen molar-refractivity contribution in [3.63, 3.8) is 0 Å². The highest BCUT2D eigenvalue weighted by Gasteiger charge is 2.43. The molecule has 3 saturated heterocycles. The first kappa shape index (κ1) is 64.9. The molecule has 10 atom stereocenters. The smallest absolute Gasteiger partial charge is 0.315 e. The number of guanidine groups is 1. The fraction of sp³-hybridized carbons (Fsp3) is 0.517. The summed E-state index contributed by atoms with van der Waals surface area (Å²) in [6, 6.07) is 6.41. The van der Waals surface area contributed by atoms with Crippen LogP contribution in [0.3, 0.4) is 0 Å². The van der Waals surface area contributed by atoms with E-state index in [1.165, 1.54) is 12.5 Å². The SMILES string of the molecule is CCCC[C@H](NC(=O)CCCC[C@@H]1SC[C@@H]2NC(=O)N[C@@H]21)C(=O)N[C@H]1CC(=O)NCCCC[C@@H](C(N)=O)NC(=O)[C@H](Cc2c[nH]c3ccccc23)NC(=O)[C@H](CCCN=C(N)N)NC(=O)[C@@H](Cc2ccccc2)NC(=O)[C@H](Cc2cnc[nH]2)NC1=O. The van der Waals surface area contributed by atoms with E-state index >= 15 is 0 Å². The Hall–Kier alpha value is -8.69. The highest BCUT2D eigenvalue weighted by molar-refractivity contribution is 8.00. The number of unbranched alkanes of at least 4 members (excludes halogenated alkanes) is 2. The number of benzene rings is 2. The van der Waals surface area contributed by atoms with E-state index in [4.69, 9.17) is 17.2 Å². The van der Waals surface area contributed by atoms with Crippen molar-refractivity contribution < 1.29 is 47.9 Å². The van der Waals surface area contributed by atoms with Crippen molar-refractivity contribution in [3.05, 3.63) is 90.1 Å². The van der Waals surface area contributed by atoms with E-state index in [-0.39, 0.29) is 113 Å². The minimum atomic E-state index is -1.62. The maximum absolute atomic E-state index is 14.8. The van der Waals surface area contributed by atoms with E-state index in [1.54, 1.807) is 48.3 Å². The number of nitrogens with zero attached hydrogens (tertiary/aromatic N) is 2. The highest BCUT2D eigenvalue weighted by Crippen LogP contribution is 2.33. The van der Waals surface area contributed by atoms with Crippen molar-refractivity contribution in [3.8, 4) is 0 Å². The number of aliphatic imine (C=N–C) groups is 1. The fourth-order valence-corrected chi connectivity index (χ4v) is 12.2. The number of imidazole rings is 1. The molecule has 18 N–H and O–H groups in total. The molecule has 0 bridgehead atoms. The number of H-pyrrole nitrogens is 2. The van der Waals surface area contributed by atoms with Gasteiger partial charge in [-0.05, 0) is 68.6 Å². The lowest BCUT2D eigenvalue weighted by atomic mass is 10.0. The summed E-state index contributed by atoms with van der Waals surface area (Å²) in [7, 11) is 0. The van der Waals surface area contributed by atoms with Crippen LogP contribution in [0.4, 0.5) is 4.79 Å². The number of primary amides is 1. The molecule has 27 nitrogen and oxygen atoms in total. The fourth-order valence-electron chi connectivity index (χ4n) is 10.7. The van der Waals surface area contributed by atoms with Gasteiger partial charge in [0, 0.05) is 78.8 Å². The molecule has 0 spiro atoms. The number of thioether (sulfide) groups is 1. The molecule has 3 fully saturated rings. The van der Waals surface area contributed by atoms with Crippen molar-refractivity contribution in [1.29, 1.82) is 0 Å². The van der Waals surface area contributed by atoms with E-state index in [2.05, 4.69) is 73.1 Å². The molecule has 0 aliphatic carbocycles. The summed E-state index contributed by atoms with van der Waals surface area (Å²) in [5.41, 5.74) is 19.5. The van der Waals surface area contributed by atoms with Crippen LogP contribution in [-0.2, 0) is 62.4 Å². The summed E-state index contributed by atoms with van der Waals surface area (Å²) in [5, 5.41) is 28.9. The predicted molar refractivity (Wildman–Crippen MR) is 322 cm³/mol. The summed E-state index contributed by atoms with van der Waals surface area (Å²) in [4.78, 5) is 154. The topological polar surface area (TPSA) is 426 Å². The van der Waals surface area contributed by atoms with E-state index in [0.717, 1.165) is 23.1 Å². The van der Waals surface area contributed by atoms with Crippen molar-refractivity contribution >= 4 is 87.8 Å². The third-order valence-electron chi connectivity index (χ3n) is 15.3. The zero-order valence-corrected chi connectivity index (χ0v) is 49.1. The largest absolute Gasteiger partial charge is 0.370 e. The molecule has 28 heteroatoms. The molecule has 3 aliphatic rings. The monoisotopic (exact) mass is 1210 g/mol. The van der Waals surface area contributed by atoms with Crippen molar-refractivity contribution in [2.24, 2.45) is 22.2 Å². The van der Waals surface area contributed by atoms with Gasteiger partial charge in [-0.25, -0.2) is 9.78 Å². The Bertz CT molecular complexity index is 3010. The number of hydrogen-bond acceptors (Lipinski definition) is 13. The molecule has 7 rings (SSSR count). The van der Waals surface area contributed by atoms with Gasteiger partial charge in [0.1, 0.15) is 42.3 Å². The Balaban J connectivity index is 1.16. The Morgan fingerprint density at radius 3 is 2.16 bits per heavy atom. The van der Waals surface area contributed by atoms with E-state index < -0.39 is 96.0 Å². The van der Waals surface area contributed by atoms with Gasteiger partial charge in [0.05, 0.1) is 24.8 Å². The predicted octanol–water partition coefficient (Wildman–Crippen LogP) is -0.542. The Morgan fingerprint density at radius 1 is 0.733 bits per heavy atom. The first-order valence-electron chi connectivity index (χ1n) is 29.4. The van der Waals surface area contributed by atoms with Crippen LogP contribution in [0.2, 0.25) is 0 Å². The minimum absolute atomic E-state index is 0.0229. The number of carbonyl (C=O) groups excluding carboxylic acids is 10. The van der Waals surface area contributed by atoms with Crippen LogP contribution in [0.5, 0.6) is 0 Å².